The summed E-state index contributed by atoms with van der Waals surface area (Å²) in [5.74, 6) is 0.655. The van der Waals surface area contributed by atoms with Crippen LogP contribution in [0.2, 0.25) is 0 Å². The summed E-state index contributed by atoms with van der Waals surface area (Å²) in [5, 5.41) is 16.4. The smallest absolute Gasteiger partial charge is 0.206 e. The van der Waals surface area contributed by atoms with Gasteiger partial charge >= 0.3 is 0 Å². The van der Waals surface area contributed by atoms with Crippen LogP contribution in [0, 0.1) is 0 Å². The summed E-state index contributed by atoms with van der Waals surface area (Å²) in [6.07, 6.45) is 17.2. The highest BCUT2D eigenvalue weighted by Crippen LogP contribution is 2.22. The summed E-state index contributed by atoms with van der Waals surface area (Å²) < 4.78 is 16.9. The van der Waals surface area contributed by atoms with Gasteiger partial charge in [0.05, 0.1) is 31.2 Å². The molecule has 3 aromatic rings. The molecule has 1 aliphatic heterocycles. The van der Waals surface area contributed by atoms with Gasteiger partial charge in [-0.05, 0) is 57.0 Å². The number of rotatable bonds is 10. The zero-order valence-corrected chi connectivity index (χ0v) is 25.9. The summed E-state index contributed by atoms with van der Waals surface area (Å²) >= 11 is 0. The van der Waals surface area contributed by atoms with Crippen molar-refractivity contribution in [2.45, 2.75) is 67.0 Å². The second-order valence-electron chi connectivity index (χ2n) is 9.08. The van der Waals surface area contributed by atoms with Crippen LogP contribution in [-0.4, -0.2) is 56.1 Å². The number of allylic oxidation sites excluding steroid dienone is 3. The minimum absolute atomic E-state index is 0.0574. The van der Waals surface area contributed by atoms with Gasteiger partial charge in [0.2, 0.25) is 5.43 Å². The summed E-state index contributed by atoms with van der Waals surface area (Å²) in [5.41, 5.74) is 4.12. The van der Waals surface area contributed by atoms with E-state index in [1.165, 1.54) is 6.07 Å². The first-order chi connectivity index (χ1) is 20.0. The molecule has 0 bridgehead atoms. The Kier molecular flexibility index (Phi) is 14.5. The van der Waals surface area contributed by atoms with Gasteiger partial charge in [0.15, 0.2) is 0 Å². The molecular weight excluding hydrogens is 518 g/mol. The van der Waals surface area contributed by atoms with E-state index in [1.807, 2.05) is 77.9 Å². The molecule has 0 spiro atoms. The van der Waals surface area contributed by atoms with Crippen LogP contribution in [0.4, 0.5) is 0 Å². The highest BCUT2D eigenvalue weighted by molar-refractivity contribution is 5.65. The van der Waals surface area contributed by atoms with Gasteiger partial charge in [0, 0.05) is 44.2 Å². The van der Waals surface area contributed by atoms with Crippen LogP contribution < -0.4 is 10.7 Å². The molecule has 0 saturated carbocycles. The van der Waals surface area contributed by atoms with Gasteiger partial charge in [0.25, 0.3) is 0 Å². The summed E-state index contributed by atoms with van der Waals surface area (Å²) in [4.78, 5) is 12.4. The maximum Gasteiger partial charge on any atom is 0.206 e. The molecule has 0 aromatic carbocycles. The third-order valence-electron chi connectivity index (χ3n) is 6.17. The number of hydrogen-bond acceptors (Lipinski definition) is 7. The molecule has 1 saturated heterocycles. The second-order valence-corrected chi connectivity index (χ2v) is 9.08. The molecule has 4 rings (SSSR count). The summed E-state index contributed by atoms with van der Waals surface area (Å²) in [6.45, 7) is 14.2. The van der Waals surface area contributed by atoms with Crippen molar-refractivity contribution in [3.8, 4) is 5.69 Å². The standard InChI is InChI=1S/C27H35N7O3.2C2H6/c1-5-25(37-19-26-27(35)8-9-33(31-26)24-15-29-32(4)17-24)12-21(13-28-3)11-20(2)22-14-30-34(16-22)23-7-6-10-36-18-23;2*1-2/h5,8-9,11-12,14-17,23,28H,6-7,10,13,18-19H2,1-4H3;2*1-2H3/b20-11+,21-12-,25-5+;;. The molecule has 0 amide bonds. The van der Waals surface area contributed by atoms with Crippen molar-refractivity contribution in [3.63, 3.8) is 0 Å². The van der Waals surface area contributed by atoms with Gasteiger partial charge in [-0.1, -0.05) is 33.8 Å². The highest BCUT2D eigenvalue weighted by Gasteiger charge is 2.17. The number of aromatic nitrogens is 6. The van der Waals surface area contributed by atoms with E-state index in [9.17, 15) is 4.79 Å². The molecule has 1 N–H and O–H groups in total. The Morgan fingerprint density at radius 3 is 2.59 bits per heavy atom. The minimum atomic E-state index is -0.175. The molecule has 1 fully saturated rings. The molecule has 0 aliphatic carbocycles. The van der Waals surface area contributed by atoms with E-state index in [4.69, 9.17) is 9.47 Å². The molecule has 3 aromatic heterocycles. The minimum Gasteiger partial charge on any atom is -0.487 e. The molecule has 10 heteroatoms. The lowest BCUT2D eigenvalue weighted by Crippen LogP contribution is -2.21. The maximum absolute atomic E-state index is 12.4. The van der Waals surface area contributed by atoms with Crippen molar-refractivity contribution >= 4 is 5.57 Å². The van der Waals surface area contributed by atoms with Crippen LogP contribution in [0.25, 0.3) is 11.3 Å². The Morgan fingerprint density at radius 2 is 1.95 bits per heavy atom. The largest absolute Gasteiger partial charge is 0.487 e. The number of ether oxygens (including phenoxy) is 2. The van der Waals surface area contributed by atoms with Crippen LogP contribution in [-0.2, 0) is 23.1 Å². The van der Waals surface area contributed by atoms with Crippen molar-refractivity contribution in [1.29, 1.82) is 0 Å². The normalized spacial score (nSPS) is 15.9. The fraction of sp³-hybridized carbons (Fsp3) is 0.484. The van der Waals surface area contributed by atoms with Crippen LogP contribution in [0.3, 0.4) is 0 Å². The average Bonchev–Trinajstić information content (AvgIpc) is 3.68. The van der Waals surface area contributed by atoms with Crippen LogP contribution in [0.1, 0.15) is 71.7 Å². The molecule has 1 aliphatic rings. The SMILES string of the molecule is CC.CC.C\C=C(/C=C(/C=C(\C)c1cnn(C2CCCOC2)c1)CNC)OCc1nn(-c2cnn(C)c2)ccc1=O. The highest BCUT2D eigenvalue weighted by atomic mass is 16.5. The maximum atomic E-state index is 12.4. The van der Waals surface area contributed by atoms with Gasteiger partial charge in [-0.2, -0.15) is 15.3 Å². The molecule has 0 radical (unpaired) electrons. The number of nitrogens with one attached hydrogen (secondary N) is 1. The van der Waals surface area contributed by atoms with Crippen LogP contribution >= 0.6 is 0 Å². The van der Waals surface area contributed by atoms with Gasteiger partial charge in [-0.25, -0.2) is 4.68 Å². The number of nitrogens with zero attached hydrogens (tertiary/aromatic N) is 6. The van der Waals surface area contributed by atoms with E-state index in [0.29, 0.717) is 30.6 Å². The van der Waals surface area contributed by atoms with Crippen molar-refractivity contribution in [2.24, 2.45) is 7.05 Å². The number of likely N-dealkylation sites (N-methyl/N-ethyl adjacent to an activating group) is 1. The van der Waals surface area contributed by atoms with Crippen molar-refractivity contribution < 1.29 is 9.47 Å². The Labute approximate surface area is 244 Å². The number of hydrogen-bond donors (Lipinski definition) is 1. The van der Waals surface area contributed by atoms with E-state index in [-0.39, 0.29) is 12.0 Å². The van der Waals surface area contributed by atoms with Crippen molar-refractivity contribution in [1.82, 2.24) is 34.7 Å². The van der Waals surface area contributed by atoms with Crippen molar-refractivity contribution in [2.75, 3.05) is 26.8 Å². The monoisotopic (exact) mass is 565 g/mol. The predicted octanol–water partition coefficient (Wildman–Crippen LogP) is 5.24. The first-order valence-corrected chi connectivity index (χ1v) is 14.5. The lowest BCUT2D eigenvalue weighted by Gasteiger charge is -2.22. The molecule has 224 valence electrons. The Balaban J connectivity index is 0.00000141. The quantitative estimate of drug-likeness (QED) is 0.265. The Morgan fingerprint density at radius 1 is 1.17 bits per heavy atom. The van der Waals surface area contributed by atoms with Crippen LogP contribution in [0.5, 0.6) is 0 Å². The van der Waals surface area contributed by atoms with Gasteiger partial charge in [-0.3, -0.25) is 14.2 Å². The Bertz CT molecular complexity index is 1340. The lowest BCUT2D eigenvalue weighted by atomic mass is 10.1. The van der Waals surface area contributed by atoms with Gasteiger partial charge in [-0.15, -0.1) is 0 Å². The molecule has 10 nitrogen and oxygen atoms in total. The molecular formula is C31H47N7O3. The topological polar surface area (TPSA) is 101 Å². The van der Waals surface area contributed by atoms with Crippen LogP contribution in [0.15, 0.2) is 71.4 Å². The zero-order valence-electron chi connectivity index (χ0n) is 25.9. The molecule has 1 unspecified atom stereocenters. The average molecular weight is 566 g/mol. The lowest BCUT2D eigenvalue weighted by molar-refractivity contribution is 0.0549. The van der Waals surface area contributed by atoms with E-state index in [2.05, 4.69) is 39.8 Å². The first kappa shape index (κ1) is 33.4. The third-order valence-corrected chi connectivity index (χ3v) is 6.17. The number of aryl methyl sites for hydroxylation is 1. The predicted molar refractivity (Wildman–Crippen MR) is 165 cm³/mol. The Hall–Kier alpha value is -3.76. The molecule has 4 heterocycles. The summed E-state index contributed by atoms with van der Waals surface area (Å²) in [7, 11) is 3.74. The zero-order chi connectivity index (χ0) is 30.2. The third kappa shape index (κ3) is 9.98. The molecule has 41 heavy (non-hydrogen) atoms. The van der Waals surface area contributed by atoms with Crippen molar-refractivity contribution in [3.05, 3.63) is 88.1 Å². The van der Waals surface area contributed by atoms with E-state index in [1.54, 1.807) is 21.8 Å². The van der Waals surface area contributed by atoms with Gasteiger partial charge < -0.3 is 14.8 Å². The molecule has 1 atom stereocenters. The van der Waals surface area contributed by atoms with Gasteiger partial charge in [0.1, 0.15) is 23.7 Å². The van der Waals surface area contributed by atoms with E-state index in [0.717, 1.165) is 41.8 Å². The fourth-order valence-corrected chi connectivity index (χ4v) is 4.14. The van der Waals surface area contributed by atoms with E-state index >= 15 is 0 Å². The first-order valence-electron chi connectivity index (χ1n) is 14.5. The second kappa shape index (κ2) is 17.8. The fourth-order valence-electron chi connectivity index (χ4n) is 4.14. The summed E-state index contributed by atoms with van der Waals surface area (Å²) in [6, 6.07) is 1.78. The van der Waals surface area contributed by atoms with E-state index < -0.39 is 0 Å².